The van der Waals surface area contributed by atoms with E-state index >= 15 is 0 Å². The van der Waals surface area contributed by atoms with E-state index in [9.17, 15) is 4.79 Å². The van der Waals surface area contributed by atoms with E-state index in [4.69, 9.17) is 10.2 Å². The lowest BCUT2D eigenvalue weighted by Crippen LogP contribution is -2.37. The van der Waals surface area contributed by atoms with Crippen LogP contribution in [0.4, 0.5) is 0 Å². The molecule has 0 aromatic heterocycles. The molecule has 138 valence electrons. The molecule has 0 bridgehead atoms. The van der Waals surface area contributed by atoms with E-state index < -0.39 is 0 Å². The van der Waals surface area contributed by atoms with Crippen molar-refractivity contribution >= 4 is 5.91 Å². The summed E-state index contributed by atoms with van der Waals surface area (Å²) in [6.45, 7) is 4.71. The van der Waals surface area contributed by atoms with Crippen LogP contribution in [-0.2, 0) is 4.79 Å². The Morgan fingerprint density at radius 3 is 1.87 bits per heavy atom. The van der Waals surface area contributed by atoms with Gasteiger partial charge in [0.25, 0.3) is 0 Å². The minimum Gasteiger partial charge on any atom is -0.395 e. The van der Waals surface area contributed by atoms with Crippen molar-refractivity contribution in [2.75, 3.05) is 39.4 Å². The number of amides is 1. The largest absolute Gasteiger partial charge is 0.395 e. The first-order valence-electron chi connectivity index (χ1n) is 9.45. The van der Waals surface area contributed by atoms with Gasteiger partial charge in [-0.25, -0.2) is 0 Å². The molecule has 1 amide bonds. The summed E-state index contributed by atoms with van der Waals surface area (Å²) >= 11 is 0. The lowest BCUT2D eigenvalue weighted by molar-refractivity contribution is -0.121. The SMILES string of the molecule is CCCCCCCCCCCC(=O)NCCN(CCO)CCO. The Labute approximate surface area is 142 Å². The molecular weight excluding hydrogens is 292 g/mol. The number of aliphatic hydroxyl groups excluding tert-OH is 2. The summed E-state index contributed by atoms with van der Waals surface area (Å²) in [7, 11) is 0. The van der Waals surface area contributed by atoms with Crippen molar-refractivity contribution < 1.29 is 15.0 Å². The fourth-order valence-corrected chi connectivity index (χ4v) is 2.66. The number of hydrogen-bond acceptors (Lipinski definition) is 4. The number of carbonyl (C=O) groups is 1. The molecule has 0 aliphatic rings. The molecule has 0 atom stereocenters. The van der Waals surface area contributed by atoms with Crippen LogP contribution in [0.5, 0.6) is 0 Å². The Morgan fingerprint density at radius 2 is 1.35 bits per heavy atom. The van der Waals surface area contributed by atoms with Gasteiger partial charge in [0.15, 0.2) is 0 Å². The predicted molar refractivity (Wildman–Crippen MR) is 95.5 cm³/mol. The summed E-state index contributed by atoms with van der Waals surface area (Å²) in [5.41, 5.74) is 0. The minimum absolute atomic E-state index is 0.0758. The van der Waals surface area contributed by atoms with Crippen LogP contribution < -0.4 is 5.32 Å². The van der Waals surface area contributed by atoms with Crippen molar-refractivity contribution in [1.82, 2.24) is 10.2 Å². The second-order valence-corrected chi connectivity index (χ2v) is 6.22. The third-order valence-corrected chi connectivity index (χ3v) is 4.09. The molecule has 0 aliphatic heterocycles. The standard InChI is InChI=1S/C18H38N2O3/c1-2-3-4-5-6-7-8-9-10-11-18(23)19-12-13-20(14-16-21)15-17-22/h21-22H,2-17H2,1H3,(H,19,23). The van der Waals surface area contributed by atoms with Crippen molar-refractivity contribution in [2.45, 2.75) is 71.1 Å². The number of rotatable bonds is 17. The van der Waals surface area contributed by atoms with Gasteiger partial charge in [-0.3, -0.25) is 9.69 Å². The topological polar surface area (TPSA) is 72.8 Å². The molecule has 0 radical (unpaired) electrons. The van der Waals surface area contributed by atoms with E-state index in [1.54, 1.807) is 0 Å². The molecule has 0 aromatic carbocycles. The number of unbranched alkanes of at least 4 members (excludes halogenated alkanes) is 8. The highest BCUT2D eigenvalue weighted by molar-refractivity contribution is 5.75. The summed E-state index contributed by atoms with van der Waals surface area (Å²) in [4.78, 5) is 13.7. The summed E-state index contributed by atoms with van der Waals surface area (Å²) < 4.78 is 0. The van der Waals surface area contributed by atoms with Gasteiger partial charge in [-0.05, 0) is 6.42 Å². The van der Waals surface area contributed by atoms with Gasteiger partial charge in [-0.1, -0.05) is 58.3 Å². The monoisotopic (exact) mass is 330 g/mol. The quantitative estimate of drug-likeness (QED) is 0.358. The number of carbonyl (C=O) groups excluding carboxylic acids is 1. The maximum absolute atomic E-state index is 11.7. The molecule has 0 heterocycles. The van der Waals surface area contributed by atoms with Gasteiger partial charge in [0.1, 0.15) is 0 Å². The average Bonchev–Trinajstić information content (AvgIpc) is 2.53. The number of aliphatic hydroxyl groups is 2. The fourth-order valence-electron chi connectivity index (χ4n) is 2.66. The van der Waals surface area contributed by atoms with E-state index in [-0.39, 0.29) is 19.1 Å². The molecule has 0 rings (SSSR count). The Balaban J connectivity index is 3.39. The highest BCUT2D eigenvalue weighted by Crippen LogP contribution is 2.10. The summed E-state index contributed by atoms with van der Waals surface area (Å²) in [5, 5.41) is 20.7. The first-order valence-corrected chi connectivity index (χ1v) is 9.45. The molecule has 0 fully saturated rings. The first-order chi connectivity index (χ1) is 11.2. The highest BCUT2D eigenvalue weighted by Gasteiger charge is 2.05. The van der Waals surface area contributed by atoms with Crippen LogP contribution in [0, 0.1) is 0 Å². The fraction of sp³-hybridized carbons (Fsp3) is 0.944. The maximum atomic E-state index is 11.7. The van der Waals surface area contributed by atoms with Crippen LogP contribution in [-0.4, -0.2) is 60.4 Å². The third-order valence-electron chi connectivity index (χ3n) is 4.09. The Morgan fingerprint density at radius 1 is 0.826 bits per heavy atom. The van der Waals surface area contributed by atoms with Crippen molar-refractivity contribution in [2.24, 2.45) is 0 Å². The molecule has 0 saturated carbocycles. The third kappa shape index (κ3) is 16.0. The van der Waals surface area contributed by atoms with Gasteiger partial charge < -0.3 is 15.5 Å². The summed E-state index contributed by atoms with van der Waals surface area (Å²) in [5.74, 6) is 0.112. The van der Waals surface area contributed by atoms with Crippen molar-refractivity contribution in [3.63, 3.8) is 0 Å². The van der Waals surface area contributed by atoms with Gasteiger partial charge in [0, 0.05) is 32.6 Å². The van der Waals surface area contributed by atoms with Gasteiger partial charge in [0.2, 0.25) is 5.91 Å². The van der Waals surface area contributed by atoms with Crippen LogP contribution in [0.1, 0.15) is 71.1 Å². The minimum atomic E-state index is 0.0758. The number of nitrogens with one attached hydrogen (secondary N) is 1. The molecule has 5 nitrogen and oxygen atoms in total. The summed E-state index contributed by atoms with van der Waals surface area (Å²) in [6.07, 6.45) is 12.0. The van der Waals surface area contributed by atoms with E-state index in [2.05, 4.69) is 12.2 Å². The van der Waals surface area contributed by atoms with Crippen LogP contribution in [0.25, 0.3) is 0 Å². The van der Waals surface area contributed by atoms with Crippen molar-refractivity contribution in [3.8, 4) is 0 Å². The number of hydrogen-bond donors (Lipinski definition) is 3. The zero-order valence-electron chi connectivity index (χ0n) is 15.1. The Bertz CT molecular complexity index is 257. The Kier molecular flexibility index (Phi) is 17.2. The second kappa shape index (κ2) is 17.7. The molecule has 0 aromatic rings. The van der Waals surface area contributed by atoms with Crippen LogP contribution in [0.2, 0.25) is 0 Å². The first kappa shape index (κ1) is 22.4. The van der Waals surface area contributed by atoms with Gasteiger partial charge in [-0.15, -0.1) is 0 Å². The predicted octanol–water partition coefficient (Wildman–Crippen LogP) is 2.31. The van der Waals surface area contributed by atoms with E-state index in [0.717, 1.165) is 12.8 Å². The maximum Gasteiger partial charge on any atom is 0.220 e. The molecule has 3 N–H and O–H groups in total. The van der Waals surface area contributed by atoms with Crippen molar-refractivity contribution in [1.29, 1.82) is 0 Å². The van der Waals surface area contributed by atoms with Crippen LogP contribution in [0.3, 0.4) is 0 Å². The molecule has 0 unspecified atom stereocenters. The smallest absolute Gasteiger partial charge is 0.220 e. The van der Waals surface area contributed by atoms with Gasteiger partial charge >= 0.3 is 0 Å². The van der Waals surface area contributed by atoms with E-state index in [1.807, 2.05) is 4.90 Å². The molecule has 5 heteroatoms. The summed E-state index contributed by atoms with van der Waals surface area (Å²) in [6, 6.07) is 0. The van der Waals surface area contributed by atoms with Crippen molar-refractivity contribution in [3.05, 3.63) is 0 Å². The molecular formula is C18H38N2O3. The zero-order chi connectivity index (χ0) is 17.2. The highest BCUT2D eigenvalue weighted by atomic mass is 16.3. The van der Waals surface area contributed by atoms with Gasteiger partial charge in [-0.2, -0.15) is 0 Å². The molecule has 0 saturated heterocycles. The number of nitrogens with zero attached hydrogens (tertiary/aromatic N) is 1. The second-order valence-electron chi connectivity index (χ2n) is 6.22. The van der Waals surface area contributed by atoms with E-state index in [1.165, 1.54) is 44.9 Å². The lowest BCUT2D eigenvalue weighted by Gasteiger charge is -2.20. The Hall–Kier alpha value is -0.650. The van der Waals surface area contributed by atoms with Crippen LogP contribution >= 0.6 is 0 Å². The van der Waals surface area contributed by atoms with Gasteiger partial charge in [0.05, 0.1) is 13.2 Å². The average molecular weight is 331 g/mol. The zero-order valence-corrected chi connectivity index (χ0v) is 15.1. The molecule has 0 aliphatic carbocycles. The lowest BCUT2D eigenvalue weighted by atomic mass is 10.1. The molecule has 0 spiro atoms. The molecule has 23 heavy (non-hydrogen) atoms. The normalized spacial score (nSPS) is 11.1. The van der Waals surface area contributed by atoms with E-state index in [0.29, 0.717) is 32.6 Å². The van der Waals surface area contributed by atoms with Crippen LogP contribution in [0.15, 0.2) is 0 Å².